The molecule has 0 N–H and O–H groups in total. The number of carbonyl (C=O) groups is 1. The molecule has 0 bridgehead atoms. The van der Waals surface area contributed by atoms with E-state index in [1.807, 2.05) is 13.0 Å². The first kappa shape index (κ1) is 25.8. The van der Waals surface area contributed by atoms with E-state index >= 15 is 0 Å². The maximum atomic E-state index is 10.6. The van der Waals surface area contributed by atoms with Crippen molar-refractivity contribution in [3.8, 4) is 0 Å². The fraction of sp³-hybridized carbons (Fsp3) is 0.565. The number of methoxy groups -OCH3 is 1. The van der Waals surface area contributed by atoms with E-state index < -0.39 is 0 Å². The molecule has 1 aromatic rings. The molecule has 1 saturated heterocycles. The average molecular weight is 390 g/mol. The molecule has 0 amide bonds. The molecule has 28 heavy (non-hydrogen) atoms. The number of esters is 1. The first-order valence-corrected chi connectivity index (χ1v) is 9.76. The van der Waals surface area contributed by atoms with Gasteiger partial charge in [0.2, 0.25) is 0 Å². The van der Waals surface area contributed by atoms with Crippen molar-refractivity contribution in [2.24, 2.45) is 11.3 Å². The van der Waals surface area contributed by atoms with Gasteiger partial charge in [0.1, 0.15) is 0 Å². The summed E-state index contributed by atoms with van der Waals surface area (Å²) in [5.41, 5.74) is 2.61. The minimum absolute atomic E-state index is 0.239. The molecular weight excluding hydrogens is 354 g/mol. The maximum Gasteiger partial charge on any atom is 0.373 e. The monoisotopic (exact) mass is 389 g/mol. The Morgan fingerprint density at radius 2 is 1.82 bits per heavy atom. The number of benzene rings is 1. The molecule has 0 unspecified atom stereocenters. The third kappa shape index (κ3) is 9.63. The zero-order valence-electron chi connectivity index (χ0n) is 18.2. The molecule has 2 rings (SSSR count). The number of rotatable bonds is 5. The first-order valence-electron chi connectivity index (χ1n) is 9.76. The average Bonchev–Trinajstić information content (AvgIpc) is 2.96. The van der Waals surface area contributed by atoms with Gasteiger partial charge in [0.15, 0.2) is 0 Å². The fourth-order valence-corrected chi connectivity index (χ4v) is 3.52. The van der Waals surface area contributed by atoms with Gasteiger partial charge in [-0.2, -0.15) is 9.59 Å². The van der Waals surface area contributed by atoms with Crippen LogP contribution in [0.1, 0.15) is 53.0 Å². The molecule has 0 aromatic heterocycles. The van der Waals surface area contributed by atoms with Gasteiger partial charge in [-0.05, 0) is 30.2 Å². The molecule has 5 nitrogen and oxygen atoms in total. The first-order chi connectivity index (χ1) is 13.2. The Hall–Kier alpha value is -2.23. The molecule has 0 radical (unpaired) electrons. The highest BCUT2D eigenvalue weighted by atomic mass is 16.5. The van der Waals surface area contributed by atoms with Crippen LogP contribution < -0.4 is 0 Å². The molecule has 5 heteroatoms. The van der Waals surface area contributed by atoms with Gasteiger partial charge in [-0.15, -0.1) is 0 Å². The topological polar surface area (TPSA) is 63.7 Å². The van der Waals surface area contributed by atoms with E-state index in [0.29, 0.717) is 11.0 Å². The van der Waals surface area contributed by atoms with Gasteiger partial charge < -0.3 is 4.74 Å². The second kappa shape index (κ2) is 13.9. The molecule has 1 atom stereocenters. The molecule has 1 aliphatic rings. The van der Waals surface area contributed by atoms with E-state index in [1.54, 1.807) is 6.92 Å². The summed E-state index contributed by atoms with van der Waals surface area (Å²) in [4.78, 5) is 29.5. The predicted octanol–water partition coefficient (Wildman–Crippen LogP) is 4.49. The van der Waals surface area contributed by atoms with E-state index in [9.17, 15) is 4.79 Å². The Balaban J connectivity index is 0.000000518. The summed E-state index contributed by atoms with van der Waals surface area (Å²) >= 11 is 0. The second-order valence-corrected chi connectivity index (χ2v) is 7.62. The van der Waals surface area contributed by atoms with Crippen molar-refractivity contribution in [2.45, 2.75) is 54.0 Å². The Bertz CT molecular complexity index is 631. The Labute approximate surface area is 169 Å². The zero-order chi connectivity index (χ0) is 21.6. The van der Waals surface area contributed by atoms with Crippen LogP contribution in [0.2, 0.25) is 0 Å². The van der Waals surface area contributed by atoms with Crippen LogP contribution in [0.5, 0.6) is 0 Å². The van der Waals surface area contributed by atoms with Crippen LogP contribution >= 0.6 is 0 Å². The lowest BCUT2D eigenvalue weighted by atomic mass is 9.81. The van der Waals surface area contributed by atoms with Crippen LogP contribution in [0.25, 0.3) is 0 Å². The Morgan fingerprint density at radius 3 is 2.25 bits per heavy atom. The van der Waals surface area contributed by atoms with E-state index in [1.165, 1.54) is 32.2 Å². The van der Waals surface area contributed by atoms with Crippen molar-refractivity contribution in [3.05, 3.63) is 47.5 Å². The normalized spacial score (nSPS) is 18.1. The number of nitrogens with zero attached hydrogens (tertiary/aromatic N) is 1. The number of ether oxygens (including phenoxy) is 1. The fourth-order valence-electron chi connectivity index (χ4n) is 3.52. The third-order valence-electron chi connectivity index (χ3n) is 4.97. The van der Waals surface area contributed by atoms with Crippen LogP contribution in [0.15, 0.2) is 42.0 Å². The van der Waals surface area contributed by atoms with Gasteiger partial charge in [0.25, 0.3) is 0 Å². The Morgan fingerprint density at radius 1 is 1.25 bits per heavy atom. The SMILES string of the molecule is CC/C=C(\C)C(=O)OC.CC[C@@H]1CN(Cc2ccccc2)CC1(C)C.O=C=O. The van der Waals surface area contributed by atoms with Crippen molar-refractivity contribution >= 4 is 12.1 Å². The minimum atomic E-state index is -0.239. The predicted molar refractivity (Wildman–Crippen MR) is 110 cm³/mol. The van der Waals surface area contributed by atoms with Crippen LogP contribution in [0.4, 0.5) is 0 Å². The van der Waals surface area contributed by atoms with Crippen LogP contribution in [0, 0.1) is 11.3 Å². The molecular formula is C23H35NO4. The van der Waals surface area contributed by atoms with Gasteiger partial charge >= 0.3 is 12.1 Å². The molecule has 1 fully saturated rings. The highest BCUT2D eigenvalue weighted by Crippen LogP contribution is 2.37. The van der Waals surface area contributed by atoms with Crippen molar-refractivity contribution in [1.29, 1.82) is 0 Å². The van der Waals surface area contributed by atoms with Crippen LogP contribution in [-0.4, -0.2) is 37.2 Å². The lowest BCUT2D eigenvalue weighted by molar-refractivity contribution is -0.191. The highest BCUT2D eigenvalue weighted by molar-refractivity contribution is 5.87. The van der Waals surface area contributed by atoms with Crippen molar-refractivity contribution in [2.75, 3.05) is 20.2 Å². The minimum Gasteiger partial charge on any atom is -0.466 e. The standard InChI is InChI=1S/C15H23N.C7H12O2.CO2/c1-4-14-11-16(12-15(14,2)3)10-13-8-6-5-7-9-13;1-4-5-6(2)7(8)9-3;2-1-3/h5-9,14H,4,10-12H2,1-3H3;5H,4H2,1-3H3;/b;6-5+;/t14-;;/m1../s1. The molecule has 1 heterocycles. The molecule has 0 saturated carbocycles. The summed E-state index contributed by atoms with van der Waals surface area (Å²) in [5.74, 6) is 0.619. The summed E-state index contributed by atoms with van der Waals surface area (Å²) in [6.45, 7) is 14.5. The molecule has 0 spiro atoms. The van der Waals surface area contributed by atoms with Gasteiger partial charge in [-0.25, -0.2) is 4.79 Å². The maximum absolute atomic E-state index is 10.6. The van der Waals surface area contributed by atoms with Crippen molar-refractivity contribution in [3.63, 3.8) is 0 Å². The number of likely N-dealkylation sites (tertiary alicyclic amines) is 1. The van der Waals surface area contributed by atoms with Gasteiger partial charge in [0.05, 0.1) is 7.11 Å². The van der Waals surface area contributed by atoms with Crippen molar-refractivity contribution < 1.29 is 19.1 Å². The molecule has 1 aliphatic heterocycles. The van der Waals surface area contributed by atoms with Crippen LogP contribution in [0.3, 0.4) is 0 Å². The second-order valence-electron chi connectivity index (χ2n) is 7.62. The molecule has 0 aliphatic carbocycles. The summed E-state index contributed by atoms with van der Waals surface area (Å²) in [6.07, 6.45) is 4.27. The quantitative estimate of drug-likeness (QED) is 0.548. The molecule has 156 valence electrons. The van der Waals surface area contributed by atoms with Gasteiger partial charge in [0, 0.05) is 25.2 Å². The Kier molecular flexibility index (Phi) is 12.8. The zero-order valence-corrected chi connectivity index (χ0v) is 18.2. The third-order valence-corrected chi connectivity index (χ3v) is 4.97. The van der Waals surface area contributed by atoms with Gasteiger partial charge in [-0.3, -0.25) is 4.90 Å². The summed E-state index contributed by atoms with van der Waals surface area (Å²) in [6, 6.07) is 10.8. The lowest BCUT2D eigenvalue weighted by Gasteiger charge is -2.24. The van der Waals surface area contributed by atoms with E-state index in [4.69, 9.17) is 9.59 Å². The number of hydrogen-bond donors (Lipinski definition) is 0. The number of allylic oxidation sites excluding steroid dienone is 1. The largest absolute Gasteiger partial charge is 0.466 e. The lowest BCUT2D eigenvalue weighted by Crippen LogP contribution is -2.23. The summed E-state index contributed by atoms with van der Waals surface area (Å²) < 4.78 is 4.46. The van der Waals surface area contributed by atoms with Crippen molar-refractivity contribution in [1.82, 2.24) is 4.90 Å². The summed E-state index contributed by atoms with van der Waals surface area (Å²) in [5, 5.41) is 0. The number of carbonyl (C=O) groups excluding carboxylic acids is 3. The van der Waals surface area contributed by atoms with E-state index in [2.05, 4.69) is 60.7 Å². The summed E-state index contributed by atoms with van der Waals surface area (Å²) in [7, 11) is 1.38. The van der Waals surface area contributed by atoms with E-state index in [-0.39, 0.29) is 12.1 Å². The van der Waals surface area contributed by atoms with E-state index in [0.717, 1.165) is 18.9 Å². The van der Waals surface area contributed by atoms with Gasteiger partial charge in [-0.1, -0.05) is 70.5 Å². The molecule has 1 aromatic carbocycles. The van der Waals surface area contributed by atoms with Crippen LogP contribution in [-0.2, 0) is 25.7 Å². The number of hydrogen-bond acceptors (Lipinski definition) is 5. The smallest absolute Gasteiger partial charge is 0.373 e. The highest BCUT2D eigenvalue weighted by Gasteiger charge is 2.37.